The van der Waals surface area contributed by atoms with Crippen LogP contribution in [0.25, 0.3) is 10.9 Å². The van der Waals surface area contributed by atoms with Gasteiger partial charge in [0.15, 0.2) is 0 Å². The molecule has 0 atom stereocenters. The normalized spacial score (nSPS) is 14.8. The molecule has 0 bridgehead atoms. The summed E-state index contributed by atoms with van der Waals surface area (Å²) in [5, 5.41) is 3.83. The molecule has 1 fully saturated rings. The van der Waals surface area contributed by atoms with E-state index in [1.165, 1.54) is 18.4 Å². The van der Waals surface area contributed by atoms with Crippen molar-refractivity contribution in [3.8, 4) is 5.75 Å². The molecule has 1 aliphatic rings. The summed E-state index contributed by atoms with van der Waals surface area (Å²) >= 11 is 0. The molecule has 1 aliphatic heterocycles. The molecule has 148 valence electrons. The van der Waals surface area contributed by atoms with Gasteiger partial charge in [0.2, 0.25) is 6.79 Å². The molecule has 0 radical (unpaired) electrons. The molecule has 2 heterocycles. The number of alkyl carbamates (subject to hydrolysis) is 1. The number of H-pyrrole nitrogens is 1. The molecule has 7 nitrogen and oxygen atoms in total. The van der Waals surface area contributed by atoms with Crippen molar-refractivity contribution in [2.24, 2.45) is 0 Å². The van der Waals surface area contributed by atoms with E-state index >= 15 is 0 Å². The van der Waals surface area contributed by atoms with E-state index in [2.05, 4.69) is 34.2 Å². The second kappa shape index (κ2) is 9.62. The summed E-state index contributed by atoms with van der Waals surface area (Å²) in [6.45, 7) is 4.56. The van der Waals surface area contributed by atoms with Crippen LogP contribution in [0.15, 0.2) is 24.4 Å². The molecule has 3 rings (SSSR count). The van der Waals surface area contributed by atoms with E-state index in [9.17, 15) is 4.79 Å². The Morgan fingerprint density at radius 1 is 1.30 bits per heavy atom. The monoisotopic (exact) mass is 374 g/mol. The van der Waals surface area contributed by atoms with Gasteiger partial charge in [-0.05, 0) is 64.1 Å². The Bertz CT molecular complexity index is 738. The fourth-order valence-electron chi connectivity index (χ4n) is 3.40. The maximum atomic E-state index is 11.8. The van der Waals surface area contributed by atoms with Crippen LogP contribution < -0.4 is 10.1 Å². The molecule has 1 saturated heterocycles. The third kappa shape index (κ3) is 5.61. The number of nitrogens with one attached hydrogen (secondary N) is 2. The molecular formula is C20H30N4O3. The zero-order valence-electron chi connectivity index (χ0n) is 16.3. The predicted octanol–water partition coefficient (Wildman–Crippen LogP) is 2.43. The Labute approximate surface area is 160 Å². The summed E-state index contributed by atoms with van der Waals surface area (Å²) in [4.78, 5) is 19.6. The van der Waals surface area contributed by atoms with Crippen LogP contribution in [0.1, 0.15) is 18.4 Å². The number of nitrogens with zero attached hydrogens (tertiary/aromatic N) is 2. The molecule has 0 unspecified atom stereocenters. The quantitative estimate of drug-likeness (QED) is 0.660. The third-order valence-electron chi connectivity index (χ3n) is 4.88. The maximum Gasteiger partial charge on any atom is 0.410 e. The Hall–Kier alpha value is -2.25. The van der Waals surface area contributed by atoms with Crippen LogP contribution in [0.3, 0.4) is 0 Å². The first-order valence-electron chi connectivity index (χ1n) is 9.63. The Morgan fingerprint density at radius 2 is 2.11 bits per heavy atom. The first-order chi connectivity index (χ1) is 13.1. The van der Waals surface area contributed by atoms with Crippen molar-refractivity contribution >= 4 is 17.0 Å². The van der Waals surface area contributed by atoms with Crippen LogP contribution in [-0.2, 0) is 11.2 Å². The van der Waals surface area contributed by atoms with Crippen LogP contribution in [0.5, 0.6) is 5.75 Å². The number of ether oxygens (including phenoxy) is 2. The van der Waals surface area contributed by atoms with Crippen molar-refractivity contribution in [1.82, 2.24) is 20.1 Å². The van der Waals surface area contributed by atoms with Gasteiger partial charge in [-0.15, -0.1) is 0 Å². The van der Waals surface area contributed by atoms with Crippen LogP contribution >= 0.6 is 0 Å². The number of fused-ring (bicyclic) bond motifs is 1. The van der Waals surface area contributed by atoms with E-state index in [1.54, 1.807) is 0 Å². The van der Waals surface area contributed by atoms with Crippen molar-refractivity contribution in [2.45, 2.75) is 19.3 Å². The summed E-state index contributed by atoms with van der Waals surface area (Å²) in [7, 11) is 4.12. The third-order valence-corrected chi connectivity index (χ3v) is 4.88. The van der Waals surface area contributed by atoms with E-state index < -0.39 is 6.09 Å². The molecule has 27 heavy (non-hydrogen) atoms. The highest BCUT2D eigenvalue weighted by Crippen LogP contribution is 2.29. The summed E-state index contributed by atoms with van der Waals surface area (Å²) in [5.41, 5.74) is 2.22. The summed E-state index contributed by atoms with van der Waals surface area (Å²) in [6.07, 6.45) is 5.00. The molecule has 0 aliphatic carbocycles. The summed E-state index contributed by atoms with van der Waals surface area (Å²) in [6, 6.07) is 5.86. The molecule has 1 aromatic carbocycles. The fourth-order valence-corrected chi connectivity index (χ4v) is 3.40. The van der Waals surface area contributed by atoms with Gasteiger partial charge in [-0.3, -0.25) is 0 Å². The largest absolute Gasteiger partial charge is 0.457 e. The highest BCUT2D eigenvalue weighted by molar-refractivity contribution is 5.89. The molecular weight excluding hydrogens is 344 g/mol. The number of hydrogen-bond acceptors (Lipinski definition) is 5. The number of carbonyl (C=O) groups is 1. The van der Waals surface area contributed by atoms with Gasteiger partial charge in [-0.25, -0.2) is 4.79 Å². The van der Waals surface area contributed by atoms with Crippen molar-refractivity contribution in [3.63, 3.8) is 0 Å². The van der Waals surface area contributed by atoms with Gasteiger partial charge in [0.05, 0.1) is 0 Å². The van der Waals surface area contributed by atoms with Gasteiger partial charge in [-0.1, -0.05) is 6.07 Å². The van der Waals surface area contributed by atoms with Gasteiger partial charge >= 0.3 is 6.09 Å². The number of likely N-dealkylation sites (tertiary alicyclic amines) is 1. The van der Waals surface area contributed by atoms with Gasteiger partial charge < -0.3 is 29.6 Å². The van der Waals surface area contributed by atoms with E-state index in [0.717, 1.165) is 49.3 Å². The van der Waals surface area contributed by atoms with E-state index in [1.807, 2.05) is 24.4 Å². The average molecular weight is 374 g/mol. The minimum absolute atomic E-state index is 0.104. The molecule has 0 saturated carbocycles. The first kappa shape index (κ1) is 19.5. The number of aromatic nitrogens is 1. The van der Waals surface area contributed by atoms with Crippen LogP contribution in [-0.4, -0.2) is 74.5 Å². The van der Waals surface area contributed by atoms with Gasteiger partial charge in [0.25, 0.3) is 0 Å². The van der Waals surface area contributed by atoms with Gasteiger partial charge in [0.1, 0.15) is 5.75 Å². The van der Waals surface area contributed by atoms with E-state index in [4.69, 9.17) is 9.47 Å². The highest BCUT2D eigenvalue weighted by atomic mass is 16.7. The number of likely N-dealkylation sites (N-methyl/N-ethyl adjacent to an activating group) is 1. The standard InChI is InChI=1S/C20H30N4O3/c1-23(2)12-8-16-14-22-17-6-5-7-18(19(16)17)26-15-27-20(25)21-9-13-24-10-3-4-11-24/h5-7,14,22H,3-4,8-13,15H2,1-2H3,(H,21,25). The summed E-state index contributed by atoms with van der Waals surface area (Å²) < 4.78 is 10.9. The van der Waals surface area contributed by atoms with Crippen molar-refractivity contribution in [3.05, 3.63) is 30.0 Å². The topological polar surface area (TPSA) is 69.8 Å². The highest BCUT2D eigenvalue weighted by Gasteiger charge is 2.12. The number of hydrogen-bond donors (Lipinski definition) is 2. The average Bonchev–Trinajstić information content (AvgIpc) is 3.30. The second-order valence-electron chi connectivity index (χ2n) is 7.22. The van der Waals surface area contributed by atoms with Crippen molar-refractivity contribution in [2.75, 3.05) is 53.6 Å². The zero-order valence-corrected chi connectivity index (χ0v) is 16.3. The number of benzene rings is 1. The van der Waals surface area contributed by atoms with Crippen LogP contribution in [0, 0.1) is 0 Å². The minimum atomic E-state index is -0.441. The minimum Gasteiger partial charge on any atom is -0.457 e. The molecule has 0 spiro atoms. The lowest BCUT2D eigenvalue weighted by Gasteiger charge is -2.15. The number of amides is 1. The van der Waals surface area contributed by atoms with Crippen molar-refractivity contribution < 1.29 is 14.3 Å². The maximum absolute atomic E-state index is 11.8. The van der Waals surface area contributed by atoms with Gasteiger partial charge in [-0.2, -0.15) is 0 Å². The SMILES string of the molecule is CN(C)CCc1c[nH]c2cccc(OCOC(=O)NCCN3CCCC3)c12. The Kier molecular flexibility index (Phi) is 6.95. The van der Waals surface area contributed by atoms with E-state index in [0.29, 0.717) is 6.54 Å². The molecule has 2 N–H and O–H groups in total. The molecule has 7 heteroatoms. The first-order valence-corrected chi connectivity index (χ1v) is 9.63. The Balaban J connectivity index is 1.47. The lowest BCUT2D eigenvalue weighted by Crippen LogP contribution is -2.34. The zero-order chi connectivity index (χ0) is 19.1. The van der Waals surface area contributed by atoms with Gasteiger partial charge in [0, 0.05) is 36.7 Å². The van der Waals surface area contributed by atoms with E-state index in [-0.39, 0.29) is 6.79 Å². The fraction of sp³-hybridized carbons (Fsp3) is 0.550. The Morgan fingerprint density at radius 3 is 2.89 bits per heavy atom. The van der Waals surface area contributed by atoms with Crippen molar-refractivity contribution in [1.29, 1.82) is 0 Å². The predicted molar refractivity (Wildman–Crippen MR) is 106 cm³/mol. The number of rotatable bonds is 9. The number of carbonyl (C=O) groups excluding carboxylic acids is 1. The lowest BCUT2D eigenvalue weighted by molar-refractivity contribution is 0.0601. The lowest BCUT2D eigenvalue weighted by atomic mass is 10.1. The molecule has 2 aromatic rings. The smallest absolute Gasteiger partial charge is 0.410 e. The van der Waals surface area contributed by atoms with Crippen LogP contribution in [0.4, 0.5) is 4.79 Å². The molecule has 1 amide bonds. The van der Waals surface area contributed by atoms with Crippen LogP contribution in [0.2, 0.25) is 0 Å². The number of aromatic amines is 1. The second-order valence-corrected chi connectivity index (χ2v) is 7.22. The molecule has 1 aromatic heterocycles. The summed E-state index contributed by atoms with van der Waals surface area (Å²) in [5.74, 6) is 0.729.